The minimum Gasteiger partial charge on any atom is -0.302 e. The molecular weight excluding hydrogens is 241 g/mol. The first-order valence-electron chi connectivity index (χ1n) is 8.47. The van der Waals surface area contributed by atoms with Crippen molar-refractivity contribution in [2.75, 3.05) is 19.6 Å². The van der Waals surface area contributed by atoms with E-state index in [1.54, 1.807) is 22.3 Å². The molecule has 108 valence electrons. The zero-order valence-electron chi connectivity index (χ0n) is 13.4. The summed E-state index contributed by atoms with van der Waals surface area (Å²) in [4.78, 5) is 2.66. The van der Waals surface area contributed by atoms with Crippen LogP contribution in [0, 0.1) is 25.7 Å². The topological polar surface area (TPSA) is 3.24 Å². The van der Waals surface area contributed by atoms with Crippen LogP contribution in [-0.2, 0) is 12.8 Å². The van der Waals surface area contributed by atoms with Gasteiger partial charge in [-0.25, -0.2) is 0 Å². The molecule has 2 heteroatoms. The van der Waals surface area contributed by atoms with Gasteiger partial charge in [-0.2, -0.15) is 0 Å². The van der Waals surface area contributed by atoms with Gasteiger partial charge < -0.3 is 4.90 Å². The molecule has 0 radical (unpaired) electrons. The zero-order chi connectivity index (χ0) is 14.1. The van der Waals surface area contributed by atoms with Gasteiger partial charge in [0, 0.05) is 19.6 Å². The van der Waals surface area contributed by atoms with Gasteiger partial charge in [0.2, 0.25) is 0 Å². The molecular formula is C18H28BN. The molecule has 2 fully saturated rings. The van der Waals surface area contributed by atoms with Crippen molar-refractivity contribution < 1.29 is 0 Å². The van der Waals surface area contributed by atoms with Gasteiger partial charge in [-0.05, 0) is 73.6 Å². The molecule has 0 N–H and O–H groups in total. The predicted octanol–water partition coefficient (Wildman–Crippen LogP) is 2.78. The summed E-state index contributed by atoms with van der Waals surface area (Å²) in [5.41, 5.74) is 6.24. The Bertz CT molecular complexity index is 473. The van der Waals surface area contributed by atoms with Crippen LogP contribution in [0.2, 0.25) is 6.32 Å². The Morgan fingerprint density at radius 3 is 2.35 bits per heavy atom. The summed E-state index contributed by atoms with van der Waals surface area (Å²) in [5.74, 6) is 1.96. The maximum Gasteiger partial charge on any atom is 0.101 e. The van der Waals surface area contributed by atoms with Crippen LogP contribution < -0.4 is 0 Å². The lowest BCUT2D eigenvalue weighted by Gasteiger charge is -2.40. The summed E-state index contributed by atoms with van der Waals surface area (Å²) in [6, 6.07) is 4.78. The van der Waals surface area contributed by atoms with Crippen LogP contribution in [0.4, 0.5) is 0 Å². The lowest BCUT2D eigenvalue weighted by atomic mass is 9.86. The largest absolute Gasteiger partial charge is 0.302 e. The van der Waals surface area contributed by atoms with Crippen LogP contribution >= 0.6 is 0 Å². The summed E-state index contributed by atoms with van der Waals surface area (Å²) in [7, 11) is 2.27. The fourth-order valence-electron chi connectivity index (χ4n) is 3.63. The number of benzene rings is 1. The molecule has 1 nitrogen and oxygen atoms in total. The highest BCUT2D eigenvalue weighted by Gasteiger charge is 2.32. The number of rotatable bonds is 6. The minimum absolute atomic E-state index is 0.906. The predicted molar refractivity (Wildman–Crippen MR) is 89.3 cm³/mol. The van der Waals surface area contributed by atoms with Crippen molar-refractivity contribution in [3.63, 3.8) is 0 Å². The van der Waals surface area contributed by atoms with Crippen molar-refractivity contribution in [1.82, 2.24) is 4.90 Å². The van der Waals surface area contributed by atoms with Gasteiger partial charge in [0.1, 0.15) is 7.85 Å². The smallest absolute Gasteiger partial charge is 0.101 e. The second-order valence-corrected chi connectivity index (χ2v) is 7.12. The number of aryl methyl sites for hydroxylation is 1. The lowest BCUT2D eigenvalue weighted by Crippen LogP contribution is -2.48. The molecule has 1 aliphatic carbocycles. The molecule has 1 aromatic rings. The average molecular weight is 269 g/mol. The Morgan fingerprint density at radius 2 is 1.70 bits per heavy atom. The maximum atomic E-state index is 2.66. The van der Waals surface area contributed by atoms with Gasteiger partial charge in [0.15, 0.2) is 0 Å². The summed E-state index contributed by atoms with van der Waals surface area (Å²) >= 11 is 0. The average Bonchev–Trinajstić information content (AvgIpc) is 3.19. The summed E-state index contributed by atoms with van der Waals surface area (Å²) in [6.45, 7) is 8.69. The van der Waals surface area contributed by atoms with E-state index in [2.05, 4.69) is 38.7 Å². The van der Waals surface area contributed by atoms with Gasteiger partial charge >= 0.3 is 0 Å². The fourth-order valence-corrected chi connectivity index (χ4v) is 3.63. The quantitative estimate of drug-likeness (QED) is 0.718. The van der Waals surface area contributed by atoms with E-state index in [1.807, 2.05) is 0 Å². The van der Waals surface area contributed by atoms with Crippen LogP contribution in [0.5, 0.6) is 0 Å². The Labute approximate surface area is 125 Å². The summed E-state index contributed by atoms with van der Waals surface area (Å²) < 4.78 is 0. The van der Waals surface area contributed by atoms with Crippen LogP contribution in [0.25, 0.3) is 0 Å². The van der Waals surface area contributed by atoms with Gasteiger partial charge in [0.25, 0.3) is 0 Å². The van der Waals surface area contributed by atoms with Crippen molar-refractivity contribution in [3.8, 4) is 0 Å². The van der Waals surface area contributed by atoms with Gasteiger partial charge in [0.05, 0.1) is 0 Å². The van der Waals surface area contributed by atoms with Gasteiger partial charge in [-0.1, -0.05) is 18.5 Å². The van der Waals surface area contributed by atoms with Crippen molar-refractivity contribution in [3.05, 3.63) is 34.4 Å². The van der Waals surface area contributed by atoms with E-state index in [-0.39, 0.29) is 0 Å². The molecule has 3 rings (SSSR count). The van der Waals surface area contributed by atoms with Gasteiger partial charge in [-0.15, -0.1) is 0 Å². The van der Waals surface area contributed by atoms with E-state index in [0.29, 0.717) is 0 Å². The second kappa shape index (κ2) is 5.93. The third-order valence-electron chi connectivity index (χ3n) is 5.29. The standard InChI is InChI=1S/C18H28BN/c1-13-14(2)18(6-5-17(13)7-8-19)9-16-11-20(12-16)10-15-3-4-15/h5-6,15-16H,3-4,7-12,19H2,1-2H3. The monoisotopic (exact) mass is 269 g/mol. The lowest BCUT2D eigenvalue weighted by molar-refractivity contribution is 0.0952. The number of likely N-dealkylation sites (tertiary alicyclic amines) is 1. The highest BCUT2D eigenvalue weighted by atomic mass is 15.2. The maximum absolute atomic E-state index is 2.66. The number of hydrogen-bond acceptors (Lipinski definition) is 1. The number of hydrogen-bond donors (Lipinski definition) is 0. The van der Waals surface area contributed by atoms with Crippen LogP contribution in [-0.4, -0.2) is 32.4 Å². The molecule has 0 unspecified atom stereocenters. The van der Waals surface area contributed by atoms with E-state index in [4.69, 9.17) is 0 Å². The molecule has 0 spiro atoms. The third-order valence-corrected chi connectivity index (χ3v) is 5.29. The van der Waals surface area contributed by atoms with E-state index in [0.717, 1.165) is 11.8 Å². The highest BCUT2D eigenvalue weighted by Crippen LogP contribution is 2.33. The Balaban J connectivity index is 1.56. The SMILES string of the molecule is BCCc1ccc(CC2CN(CC3CC3)C2)c(C)c1C. The van der Waals surface area contributed by atoms with Crippen LogP contribution in [0.1, 0.15) is 35.1 Å². The highest BCUT2D eigenvalue weighted by molar-refractivity contribution is 6.08. The van der Waals surface area contributed by atoms with E-state index in [1.165, 1.54) is 51.6 Å². The molecule has 0 atom stereocenters. The number of nitrogens with zero attached hydrogens (tertiary/aromatic N) is 1. The molecule has 0 amide bonds. The third kappa shape index (κ3) is 3.11. The van der Waals surface area contributed by atoms with Crippen molar-refractivity contribution in [2.24, 2.45) is 11.8 Å². The normalized spacial score (nSPS) is 20.1. The first-order chi connectivity index (χ1) is 9.67. The first-order valence-corrected chi connectivity index (χ1v) is 8.47. The Morgan fingerprint density at radius 1 is 1.05 bits per heavy atom. The molecule has 1 heterocycles. The van der Waals surface area contributed by atoms with E-state index >= 15 is 0 Å². The molecule has 2 aliphatic rings. The molecule has 0 bridgehead atoms. The van der Waals surface area contributed by atoms with Crippen molar-refractivity contribution >= 4 is 7.85 Å². The second-order valence-electron chi connectivity index (χ2n) is 7.12. The molecule has 1 aromatic carbocycles. The zero-order valence-corrected chi connectivity index (χ0v) is 13.4. The first kappa shape index (κ1) is 14.2. The fraction of sp³-hybridized carbons (Fsp3) is 0.667. The molecule has 20 heavy (non-hydrogen) atoms. The molecule has 1 saturated carbocycles. The Kier molecular flexibility index (Phi) is 4.21. The van der Waals surface area contributed by atoms with Crippen molar-refractivity contribution in [1.29, 1.82) is 0 Å². The van der Waals surface area contributed by atoms with E-state index in [9.17, 15) is 0 Å². The summed E-state index contributed by atoms with van der Waals surface area (Å²) in [6.07, 6.45) is 6.74. The van der Waals surface area contributed by atoms with Crippen LogP contribution in [0.3, 0.4) is 0 Å². The van der Waals surface area contributed by atoms with Crippen LogP contribution in [0.15, 0.2) is 12.1 Å². The molecule has 1 saturated heterocycles. The van der Waals surface area contributed by atoms with Gasteiger partial charge in [-0.3, -0.25) is 0 Å². The Hall–Kier alpha value is -0.755. The molecule has 0 aromatic heterocycles. The van der Waals surface area contributed by atoms with E-state index < -0.39 is 0 Å². The minimum atomic E-state index is 0.906. The molecule has 1 aliphatic heterocycles. The van der Waals surface area contributed by atoms with Crippen molar-refractivity contribution in [2.45, 2.75) is 45.9 Å². The summed E-state index contributed by atoms with van der Waals surface area (Å²) in [5, 5.41) is 0.